The number of benzene rings is 1. The summed E-state index contributed by atoms with van der Waals surface area (Å²) in [6, 6.07) is 6.60. The van der Waals surface area contributed by atoms with E-state index in [2.05, 4.69) is 45.4 Å². The molecular formula is C14H18BrClN2. The molecule has 0 aliphatic rings. The van der Waals surface area contributed by atoms with Crippen molar-refractivity contribution in [1.29, 1.82) is 0 Å². The van der Waals surface area contributed by atoms with Gasteiger partial charge in [-0.1, -0.05) is 29.3 Å². The van der Waals surface area contributed by atoms with Gasteiger partial charge >= 0.3 is 0 Å². The van der Waals surface area contributed by atoms with Crippen molar-refractivity contribution in [2.45, 2.75) is 45.0 Å². The highest BCUT2D eigenvalue weighted by molar-refractivity contribution is 9.10. The summed E-state index contributed by atoms with van der Waals surface area (Å²) in [4.78, 5) is 4.67. The summed E-state index contributed by atoms with van der Waals surface area (Å²) in [7, 11) is 0. The molecule has 0 aliphatic carbocycles. The van der Waals surface area contributed by atoms with Gasteiger partial charge in [-0.05, 0) is 38.5 Å². The van der Waals surface area contributed by atoms with Gasteiger partial charge in [0.1, 0.15) is 5.82 Å². The average molecular weight is 330 g/mol. The Hall–Kier alpha value is -0.540. The number of hydrogen-bond donors (Lipinski definition) is 0. The van der Waals surface area contributed by atoms with Gasteiger partial charge in [0.2, 0.25) is 0 Å². The Kier molecular flexibility index (Phi) is 4.33. The Bertz CT molecular complexity index is 548. The van der Waals surface area contributed by atoms with E-state index in [1.54, 1.807) is 0 Å². The lowest BCUT2D eigenvalue weighted by molar-refractivity contribution is 0.494. The molecule has 2 unspecified atom stereocenters. The molecule has 2 aromatic rings. The van der Waals surface area contributed by atoms with Crippen LogP contribution in [0.25, 0.3) is 11.0 Å². The van der Waals surface area contributed by atoms with Crippen LogP contribution in [0, 0.1) is 0 Å². The van der Waals surface area contributed by atoms with E-state index in [9.17, 15) is 0 Å². The summed E-state index contributed by atoms with van der Waals surface area (Å²) in [5.74, 6) is 0.964. The van der Waals surface area contributed by atoms with E-state index in [1.807, 2.05) is 19.1 Å². The Labute approximate surface area is 121 Å². The fraction of sp³-hybridized carbons (Fsp3) is 0.500. The number of fused-ring (bicyclic) bond motifs is 1. The van der Waals surface area contributed by atoms with Gasteiger partial charge in [0.05, 0.1) is 16.4 Å². The van der Waals surface area contributed by atoms with Crippen molar-refractivity contribution >= 4 is 38.6 Å². The molecule has 0 fully saturated rings. The average Bonchev–Trinajstić information content (AvgIpc) is 2.67. The minimum absolute atomic E-state index is 0.0736. The molecule has 0 N–H and O–H groups in total. The van der Waals surface area contributed by atoms with Crippen LogP contribution in [0.3, 0.4) is 0 Å². The molecule has 1 aromatic heterocycles. The molecular weight excluding hydrogens is 312 g/mol. The van der Waals surface area contributed by atoms with Crippen molar-refractivity contribution in [2.75, 3.05) is 0 Å². The number of hydrogen-bond acceptors (Lipinski definition) is 1. The fourth-order valence-corrected chi connectivity index (χ4v) is 2.88. The first-order valence-corrected chi connectivity index (χ1v) is 7.59. The number of aromatic nitrogens is 2. The van der Waals surface area contributed by atoms with Crippen LogP contribution in [0.2, 0.25) is 0 Å². The molecule has 0 spiro atoms. The zero-order chi connectivity index (χ0) is 13.3. The second-order valence-corrected chi connectivity index (χ2v) is 6.30. The molecule has 2 nitrogen and oxygen atoms in total. The van der Waals surface area contributed by atoms with Crippen LogP contribution < -0.4 is 0 Å². The minimum atomic E-state index is -0.0736. The van der Waals surface area contributed by atoms with Crippen molar-refractivity contribution in [1.82, 2.24) is 9.55 Å². The molecule has 18 heavy (non-hydrogen) atoms. The van der Waals surface area contributed by atoms with Crippen LogP contribution >= 0.6 is 27.5 Å². The van der Waals surface area contributed by atoms with Crippen molar-refractivity contribution in [2.24, 2.45) is 0 Å². The SMILES string of the molecule is CCCC(C)n1c(C(C)Cl)nc2ccc(Br)cc21. The lowest BCUT2D eigenvalue weighted by atomic mass is 10.2. The van der Waals surface area contributed by atoms with E-state index >= 15 is 0 Å². The van der Waals surface area contributed by atoms with Gasteiger partial charge in [0.15, 0.2) is 0 Å². The number of alkyl halides is 1. The molecule has 0 saturated heterocycles. The monoisotopic (exact) mass is 328 g/mol. The standard InChI is InChI=1S/C14H18BrClN2/c1-4-5-9(2)18-13-8-11(15)6-7-12(13)17-14(18)10(3)16/h6-10H,4-5H2,1-3H3. The van der Waals surface area contributed by atoms with E-state index in [4.69, 9.17) is 11.6 Å². The van der Waals surface area contributed by atoms with E-state index in [-0.39, 0.29) is 5.38 Å². The normalized spacial score (nSPS) is 14.9. The maximum absolute atomic E-state index is 6.27. The second kappa shape index (κ2) is 5.62. The van der Waals surface area contributed by atoms with Crippen molar-refractivity contribution in [3.63, 3.8) is 0 Å². The fourth-order valence-electron chi connectivity index (χ4n) is 2.38. The third-order valence-electron chi connectivity index (χ3n) is 3.18. The van der Waals surface area contributed by atoms with Crippen LogP contribution in [0.4, 0.5) is 0 Å². The molecule has 1 aromatic carbocycles. The van der Waals surface area contributed by atoms with Gasteiger partial charge in [-0.15, -0.1) is 11.6 Å². The second-order valence-electron chi connectivity index (χ2n) is 4.73. The van der Waals surface area contributed by atoms with Crippen LogP contribution in [0.15, 0.2) is 22.7 Å². The Morgan fingerprint density at radius 3 is 2.72 bits per heavy atom. The van der Waals surface area contributed by atoms with Gasteiger partial charge in [0.25, 0.3) is 0 Å². The number of rotatable bonds is 4. The topological polar surface area (TPSA) is 17.8 Å². The Morgan fingerprint density at radius 2 is 2.11 bits per heavy atom. The van der Waals surface area contributed by atoms with Gasteiger partial charge in [0, 0.05) is 10.5 Å². The third kappa shape index (κ3) is 2.57. The maximum atomic E-state index is 6.27. The molecule has 0 radical (unpaired) electrons. The zero-order valence-electron chi connectivity index (χ0n) is 11.0. The van der Waals surface area contributed by atoms with Gasteiger partial charge in [-0.3, -0.25) is 0 Å². The summed E-state index contributed by atoms with van der Waals surface area (Å²) in [6.07, 6.45) is 2.29. The summed E-state index contributed by atoms with van der Waals surface area (Å²) >= 11 is 9.80. The van der Waals surface area contributed by atoms with Crippen LogP contribution in [-0.2, 0) is 0 Å². The minimum Gasteiger partial charge on any atom is -0.324 e. The third-order valence-corrected chi connectivity index (χ3v) is 3.87. The van der Waals surface area contributed by atoms with Crippen molar-refractivity contribution in [3.8, 4) is 0 Å². The quantitative estimate of drug-likeness (QED) is 0.681. The number of imidazole rings is 1. The van der Waals surface area contributed by atoms with E-state index in [0.29, 0.717) is 6.04 Å². The molecule has 0 bridgehead atoms. The first-order valence-electron chi connectivity index (χ1n) is 6.36. The first-order chi connectivity index (χ1) is 8.54. The van der Waals surface area contributed by atoms with Crippen LogP contribution in [0.5, 0.6) is 0 Å². The van der Waals surface area contributed by atoms with E-state index in [0.717, 1.165) is 34.2 Å². The predicted molar refractivity (Wildman–Crippen MR) is 81.3 cm³/mol. The van der Waals surface area contributed by atoms with E-state index in [1.165, 1.54) is 0 Å². The predicted octanol–water partition coefficient (Wildman–Crippen LogP) is 5.46. The molecule has 1 heterocycles. The highest BCUT2D eigenvalue weighted by Gasteiger charge is 2.18. The largest absolute Gasteiger partial charge is 0.324 e. The van der Waals surface area contributed by atoms with Gasteiger partial charge in [-0.25, -0.2) is 4.98 Å². The van der Waals surface area contributed by atoms with Crippen molar-refractivity contribution in [3.05, 3.63) is 28.5 Å². The zero-order valence-corrected chi connectivity index (χ0v) is 13.3. The summed E-state index contributed by atoms with van der Waals surface area (Å²) < 4.78 is 3.36. The lowest BCUT2D eigenvalue weighted by Crippen LogP contribution is -2.09. The van der Waals surface area contributed by atoms with Crippen LogP contribution in [0.1, 0.15) is 50.9 Å². The molecule has 2 rings (SSSR count). The number of halogens is 2. The summed E-state index contributed by atoms with van der Waals surface area (Å²) in [5.41, 5.74) is 2.18. The summed E-state index contributed by atoms with van der Waals surface area (Å²) in [5, 5.41) is -0.0736. The van der Waals surface area contributed by atoms with Gasteiger partial charge in [-0.2, -0.15) is 0 Å². The van der Waals surface area contributed by atoms with Gasteiger partial charge < -0.3 is 4.57 Å². The molecule has 98 valence electrons. The first kappa shape index (κ1) is 13.9. The molecule has 2 atom stereocenters. The molecule has 0 amide bonds. The van der Waals surface area contributed by atoms with Crippen LogP contribution in [-0.4, -0.2) is 9.55 Å². The maximum Gasteiger partial charge on any atom is 0.127 e. The van der Waals surface area contributed by atoms with Crippen molar-refractivity contribution < 1.29 is 0 Å². The smallest absolute Gasteiger partial charge is 0.127 e. The number of nitrogens with zero attached hydrogens (tertiary/aromatic N) is 2. The molecule has 0 saturated carbocycles. The summed E-state index contributed by atoms with van der Waals surface area (Å²) in [6.45, 7) is 6.41. The molecule has 0 aliphatic heterocycles. The molecule has 4 heteroatoms. The lowest BCUT2D eigenvalue weighted by Gasteiger charge is -2.18. The highest BCUT2D eigenvalue weighted by atomic mass is 79.9. The Morgan fingerprint density at radius 1 is 1.39 bits per heavy atom. The highest BCUT2D eigenvalue weighted by Crippen LogP contribution is 2.31. The Balaban J connectivity index is 2.64. The van der Waals surface area contributed by atoms with E-state index < -0.39 is 0 Å².